The molecular formula is C15H16N4O. The Morgan fingerprint density at radius 1 is 1.25 bits per heavy atom. The molecular weight excluding hydrogens is 252 g/mol. The van der Waals surface area contributed by atoms with E-state index >= 15 is 0 Å². The Hall–Kier alpha value is -2.43. The Bertz CT molecular complexity index is 845. The zero-order chi connectivity index (χ0) is 14.3. The van der Waals surface area contributed by atoms with Crippen molar-refractivity contribution < 1.29 is 0 Å². The summed E-state index contributed by atoms with van der Waals surface area (Å²) in [6.45, 7) is 6.07. The highest BCUT2D eigenvalue weighted by Gasteiger charge is 2.13. The van der Waals surface area contributed by atoms with Crippen molar-refractivity contribution in [3.05, 3.63) is 62.7 Å². The normalized spacial score (nSPS) is 11.2. The van der Waals surface area contributed by atoms with E-state index in [1.54, 1.807) is 4.52 Å². The van der Waals surface area contributed by atoms with Gasteiger partial charge in [0, 0.05) is 17.7 Å². The van der Waals surface area contributed by atoms with Gasteiger partial charge in [-0.05, 0) is 37.5 Å². The minimum absolute atomic E-state index is 0.0559. The highest BCUT2D eigenvalue weighted by molar-refractivity contribution is 5.44. The molecule has 0 radical (unpaired) electrons. The first-order valence-electron chi connectivity index (χ1n) is 6.54. The topological polar surface area (TPSA) is 63.1 Å². The minimum atomic E-state index is -0.0559. The Labute approximate surface area is 116 Å². The highest BCUT2D eigenvalue weighted by Crippen LogP contribution is 2.16. The molecule has 102 valence electrons. The van der Waals surface area contributed by atoms with E-state index < -0.39 is 0 Å². The molecule has 3 aromatic rings. The Balaban J connectivity index is 2.15. The van der Waals surface area contributed by atoms with Gasteiger partial charge in [-0.15, -0.1) is 10.2 Å². The summed E-state index contributed by atoms with van der Waals surface area (Å²) in [4.78, 5) is 12.5. The predicted octanol–water partition coefficient (Wildman–Crippen LogP) is 1.93. The quantitative estimate of drug-likeness (QED) is 0.772. The van der Waals surface area contributed by atoms with E-state index in [2.05, 4.69) is 41.3 Å². The van der Waals surface area contributed by atoms with Gasteiger partial charge in [0.2, 0.25) is 11.1 Å². The highest BCUT2D eigenvalue weighted by atomic mass is 16.1. The molecule has 20 heavy (non-hydrogen) atoms. The van der Waals surface area contributed by atoms with Gasteiger partial charge in [0.05, 0.1) is 0 Å². The number of nitrogens with zero attached hydrogens (tertiary/aromatic N) is 3. The number of benzene rings is 1. The molecule has 0 aliphatic rings. The summed E-state index contributed by atoms with van der Waals surface area (Å²) >= 11 is 0. The van der Waals surface area contributed by atoms with Gasteiger partial charge >= 0.3 is 0 Å². The maximum absolute atomic E-state index is 12.5. The van der Waals surface area contributed by atoms with Crippen molar-refractivity contribution in [1.82, 2.24) is 19.8 Å². The number of rotatable bonds is 2. The summed E-state index contributed by atoms with van der Waals surface area (Å²) in [7, 11) is 0. The van der Waals surface area contributed by atoms with Crippen LogP contribution in [0.25, 0.3) is 5.65 Å². The van der Waals surface area contributed by atoms with E-state index in [1.807, 2.05) is 13.0 Å². The lowest BCUT2D eigenvalue weighted by Crippen LogP contribution is -2.17. The third kappa shape index (κ3) is 1.91. The molecule has 0 spiro atoms. The Morgan fingerprint density at radius 2 is 2.05 bits per heavy atom. The molecule has 5 nitrogen and oxygen atoms in total. The zero-order valence-electron chi connectivity index (χ0n) is 11.8. The van der Waals surface area contributed by atoms with Crippen LogP contribution >= 0.6 is 0 Å². The molecule has 2 heterocycles. The first kappa shape index (κ1) is 12.6. The molecule has 3 rings (SSSR count). The van der Waals surface area contributed by atoms with Gasteiger partial charge in [0.15, 0.2) is 0 Å². The van der Waals surface area contributed by atoms with Gasteiger partial charge in [0.1, 0.15) is 6.33 Å². The fraction of sp³-hybridized carbons (Fsp3) is 0.267. The number of hydrogen-bond acceptors (Lipinski definition) is 3. The third-order valence-electron chi connectivity index (χ3n) is 3.85. The van der Waals surface area contributed by atoms with Crippen LogP contribution in [-0.4, -0.2) is 19.8 Å². The summed E-state index contributed by atoms with van der Waals surface area (Å²) in [6.07, 6.45) is 2.11. The van der Waals surface area contributed by atoms with E-state index in [4.69, 9.17) is 0 Å². The van der Waals surface area contributed by atoms with Crippen LogP contribution in [0.4, 0.5) is 0 Å². The van der Waals surface area contributed by atoms with E-state index in [1.165, 1.54) is 23.0 Å². The number of aryl methyl sites for hydroxylation is 2. The molecule has 0 amide bonds. The molecule has 0 atom stereocenters. The average molecular weight is 268 g/mol. The van der Waals surface area contributed by atoms with E-state index in [9.17, 15) is 4.79 Å². The standard InChI is InChI=1S/C15H16N4O/c1-9-5-4-6-12(10(9)2)7-13-11(3)18-19-8-16-17-15(19)14(13)20/h4-6,8,18H,7H2,1-3H3. The SMILES string of the molecule is Cc1cccc(Cc2c(C)[nH]n3cnnc3c2=O)c1C. The number of fused-ring (bicyclic) bond motifs is 1. The second kappa shape index (κ2) is 4.59. The van der Waals surface area contributed by atoms with Crippen molar-refractivity contribution in [2.24, 2.45) is 0 Å². The van der Waals surface area contributed by atoms with Crippen LogP contribution < -0.4 is 5.43 Å². The van der Waals surface area contributed by atoms with Crippen LogP contribution in [0.1, 0.15) is 27.9 Å². The molecule has 5 heteroatoms. The van der Waals surface area contributed by atoms with Crippen LogP contribution in [0.15, 0.2) is 29.3 Å². The summed E-state index contributed by atoms with van der Waals surface area (Å²) in [5.41, 5.74) is 5.52. The smallest absolute Gasteiger partial charge is 0.230 e. The van der Waals surface area contributed by atoms with Crippen molar-refractivity contribution in [2.75, 3.05) is 0 Å². The van der Waals surface area contributed by atoms with Gasteiger partial charge in [0.25, 0.3) is 0 Å². The molecule has 0 bridgehead atoms. The van der Waals surface area contributed by atoms with Gasteiger partial charge in [-0.2, -0.15) is 0 Å². The summed E-state index contributed by atoms with van der Waals surface area (Å²) in [5.74, 6) is 0. The average Bonchev–Trinajstić information content (AvgIpc) is 2.87. The molecule has 1 aromatic carbocycles. The molecule has 1 N–H and O–H groups in total. The zero-order valence-corrected chi connectivity index (χ0v) is 11.8. The second-order valence-corrected chi connectivity index (χ2v) is 5.10. The maximum atomic E-state index is 12.5. The van der Waals surface area contributed by atoms with Crippen molar-refractivity contribution in [2.45, 2.75) is 27.2 Å². The first-order valence-corrected chi connectivity index (χ1v) is 6.54. The second-order valence-electron chi connectivity index (χ2n) is 5.10. The van der Waals surface area contributed by atoms with Crippen LogP contribution in [0.2, 0.25) is 0 Å². The van der Waals surface area contributed by atoms with E-state index in [0.717, 1.165) is 11.3 Å². The molecule has 2 aromatic heterocycles. The lowest BCUT2D eigenvalue weighted by Gasteiger charge is -2.10. The Morgan fingerprint density at radius 3 is 2.85 bits per heavy atom. The lowest BCUT2D eigenvalue weighted by atomic mass is 9.97. The van der Waals surface area contributed by atoms with Gasteiger partial charge in [-0.25, -0.2) is 4.52 Å². The number of aromatic nitrogens is 4. The first-order chi connectivity index (χ1) is 9.58. The molecule has 0 unspecified atom stereocenters. The van der Waals surface area contributed by atoms with Gasteiger partial charge in [-0.3, -0.25) is 9.89 Å². The predicted molar refractivity (Wildman–Crippen MR) is 77.1 cm³/mol. The van der Waals surface area contributed by atoms with E-state index in [0.29, 0.717) is 12.1 Å². The monoisotopic (exact) mass is 268 g/mol. The van der Waals surface area contributed by atoms with Crippen molar-refractivity contribution in [1.29, 1.82) is 0 Å². The fourth-order valence-corrected chi connectivity index (χ4v) is 2.43. The van der Waals surface area contributed by atoms with Crippen LogP contribution in [-0.2, 0) is 6.42 Å². The summed E-state index contributed by atoms with van der Waals surface area (Å²) in [5, 5.41) is 10.8. The van der Waals surface area contributed by atoms with Gasteiger partial charge in [-0.1, -0.05) is 18.2 Å². The molecule has 0 saturated carbocycles. The number of H-pyrrole nitrogens is 1. The lowest BCUT2D eigenvalue weighted by molar-refractivity contribution is 0.864. The van der Waals surface area contributed by atoms with Crippen molar-refractivity contribution in [3.63, 3.8) is 0 Å². The minimum Gasteiger partial charge on any atom is -0.295 e. The number of aromatic amines is 1. The van der Waals surface area contributed by atoms with Crippen molar-refractivity contribution >= 4 is 5.65 Å². The molecule has 0 fully saturated rings. The van der Waals surface area contributed by atoms with E-state index in [-0.39, 0.29) is 5.43 Å². The maximum Gasteiger partial charge on any atom is 0.230 e. The molecule has 0 aliphatic heterocycles. The molecule has 0 aliphatic carbocycles. The summed E-state index contributed by atoms with van der Waals surface area (Å²) < 4.78 is 1.56. The number of hydrogen-bond donors (Lipinski definition) is 1. The Kier molecular flexibility index (Phi) is 2.89. The number of nitrogens with one attached hydrogen (secondary N) is 1. The third-order valence-corrected chi connectivity index (χ3v) is 3.85. The van der Waals surface area contributed by atoms with Gasteiger partial charge < -0.3 is 0 Å². The summed E-state index contributed by atoms with van der Waals surface area (Å²) in [6, 6.07) is 6.17. The molecule has 0 saturated heterocycles. The largest absolute Gasteiger partial charge is 0.295 e. The van der Waals surface area contributed by atoms with Crippen molar-refractivity contribution in [3.8, 4) is 0 Å². The van der Waals surface area contributed by atoms with Crippen LogP contribution in [0.3, 0.4) is 0 Å². The fourth-order valence-electron chi connectivity index (χ4n) is 2.43. The van der Waals surface area contributed by atoms with Crippen LogP contribution in [0, 0.1) is 20.8 Å². The van der Waals surface area contributed by atoms with Crippen LogP contribution in [0.5, 0.6) is 0 Å².